The molecule has 19 heavy (non-hydrogen) atoms. The molecule has 0 unspecified atom stereocenters. The molecular formula is C11H15F3N2O3. The number of nitrogens with one attached hydrogen (secondary N) is 1. The van der Waals surface area contributed by atoms with Crippen LogP contribution >= 0.6 is 0 Å². The van der Waals surface area contributed by atoms with Gasteiger partial charge in [0.1, 0.15) is 5.76 Å². The SMILES string of the molecule is O=C(O)C(F)(F)F.c1coc(CN2CCNCC2)c1. The lowest BCUT2D eigenvalue weighted by atomic mass is 10.3. The Hall–Kier alpha value is -1.54. The van der Waals surface area contributed by atoms with E-state index in [0.717, 1.165) is 38.5 Å². The van der Waals surface area contributed by atoms with Crippen LogP contribution in [0.25, 0.3) is 0 Å². The van der Waals surface area contributed by atoms with Gasteiger partial charge in [-0.3, -0.25) is 4.90 Å². The van der Waals surface area contributed by atoms with Gasteiger partial charge in [-0.05, 0) is 12.1 Å². The minimum Gasteiger partial charge on any atom is -0.475 e. The van der Waals surface area contributed by atoms with Gasteiger partial charge in [-0.1, -0.05) is 0 Å². The molecule has 0 spiro atoms. The highest BCUT2D eigenvalue weighted by atomic mass is 19.4. The quantitative estimate of drug-likeness (QED) is 0.855. The molecule has 1 aliphatic heterocycles. The summed E-state index contributed by atoms with van der Waals surface area (Å²) >= 11 is 0. The van der Waals surface area contributed by atoms with Crippen molar-refractivity contribution >= 4 is 5.97 Å². The molecule has 8 heteroatoms. The van der Waals surface area contributed by atoms with Crippen molar-refractivity contribution in [2.24, 2.45) is 0 Å². The molecule has 1 aromatic heterocycles. The fraction of sp³-hybridized carbons (Fsp3) is 0.545. The van der Waals surface area contributed by atoms with Crippen LogP contribution in [-0.4, -0.2) is 48.3 Å². The van der Waals surface area contributed by atoms with Gasteiger partial charge >= 0.3 is 12.1 Å². The van der Waals surface area contributed by atoms with Crippen LogP contribution in [0.4, 0.5) is 13.2 Å². The zero-order valence-corrected chi connectivity index (χ0v) is 10.1. The largest absolute Gasteiger partial charge is 0.490 e. The van der Waals surface area contributed by atoms with Gasteiger partial charge in [-0.25, -0.2) is 4.79 Å². The number of rotatable bonds is 2. The van der Waals surface area contributed by atoms with Gasteiger partial charge in [0.2, 0.25) is 0 Å². The molecule has 2 heterocycles. The number of piperazine rings is 1. The van der Waals surface area contributed by atoms with E-state index >= 15 is 0 Å². The van der Waals surface area contributed by atoms with Crippen molar-refractivity contribution in [3.8, 4) is 0 Å². The maximum atomic E-state index is 10.6. The number of hydrogen-bond donors (Lipinski definition) is 2. The molecule has 2 N–H and O–H groups in total. The molecule has 0 saturated carbocycles. The van der Waals surface area contributed by atoms with Crippen LogP contribution in [0.5, 0.6) is 0 Å². The zero-order chi connectivity index (χ0) is 14.3. The number of alkyl halides is 3. The first-order chi connectivity index (χ1) is 8.89. The highest BCUT2D eigenvalue weighted by Crippen LogP contribution is 2.13. The molecule has 0 bridgehead atoms. The van der Waals surface area contributed by atoms with Crippen molar-refractivity contribution in [2.45, 2.75) is 12.7 Å². The van der Waals surface area contributed by atoms with E-state index < -0.39 is 12.1 Å². The van der Waals surface area contributed by atoms with Crippen molar-refractivity contribution in [1.82, 2.24) is 10.2 Å². The lowest BCUT2D eigenvalue weighted by Gasteiger charge is -2.25. The Morgan fingerprint density at radius 3 is 2.42 bits per heavy atom. The smallest absolute Gasteiger partial charge is 0.475 e. The summed E-state index contributed by atoms with van der Waals surface area (Å²) in [6, 6.07) is 3.97. The molecule has 1 fully saturated rings. The minimum atomic E-state index is -5.08. The summed E-state index contributed by atoms with van der Waals surface area (Å²) in [5, 5.41) is 10.4. The molecular weight excluding hydrogens is 265 g/mol. The average Bonchev–Trinajstić information content (AvgIpc) is 2.83. The number of halogens is 3. The van der Waals surface area contributed by atoms with Crippen LogP contribution in [0.2, 0.25) is 0 Å². The molecule has 1 saturated heterocycles. The lowest BCUT2D eigenvalue weighted by Crippen LogP contribution is -2.42. The molecule has 0 aliphatic carbocycles. The highest BCUT2D eigenvalue weighted by Gasteiger charge is 2.38. The summed E-state index contributed by atoms with van der Waals surface area (Å²) in [7, 11) is 0. The number of carboxylic acids is 1. The molecule has 0 amide bonds. The predicted molar refractivity (Wildman–Crippen MR) is 60.5 cm³/mol. The number of carboxylic acid groups (broad SMARTS) is 1. The predicted octanol–water partition coefficient (Wildman–Crippen LogP) is 1.32. The number of aliphatic carboxylic acids is 1. The first-order valence-electron chi connectivity index (χ1n) is 5.65. The van der Waals surface area contributed by atoms with Crippen LogP contribution in [0, 0.1) is 0 Å². The average molecular weight is 280 g/mol. The van der Waals surface area contributed by atoms with Crippen LogP contribution in [0.1, 0.15) is 5.76 Å². The van der Waals surface area contributed by atoms with Crippen LogP contribution in [-0.2, 0) is 11.3 Å². The van der Waals surface area contributed by atoms with E-state index in [1.165, 1.54) is 0 Å². The summed E-state index contributed by atoms with van der Waals surface area (Å²) in [6.45, 7) is 5.40. The Balaban J connectivity index is 0.000000224. The van der Waals surface area contributed by atoms with Crippen molar-refractivity contribution < 1.29 is 27.5 Å². The van der Waals surface area contributed by atoms with Gasteiger partial charge in [-0.15, -0.1) is 0 Å². The third kappa shape index (κ3) is 6.25. The summed E-state index contributed by atoms with van der Waals surface area (Å²) in [4.78, 5) is 11.3. The van der Waals surface area contributed by atoms with E-state index in [0.29, 0.717) is 0 Å². The van der Waals surface area contributed by atoms with Crippen molar-refractivity contribution in [3.63, 3.8) is 0 Å². The second-order valence-electron chi connectivity index (χ2n) is 3.91. The first-order valence-corrected chi connectivity index (χ1v) is 5.65. The lowest BCUT2D eigenvalue weighted by molar-refractivity contribution is -0.192. The maximum Gasteiger partial charge on any atom is 0.490 e. The van der Waals surface area contributed by atoms with Crippen molar-refractivity contribution in [3.05, 3.63) is 24.2 Å². The summed E-state index contributed by atoms with van der Waals surface area (Å²) in [5.41, 5.74) is 0. The highest BCUT2D eigenvalue weighted by molar-refractivity contribution is 5.73. The van der Waals surface area contributed by atoms with E-state index in [9.17, 15) is 13.2 Å². The molecule has 5 nitrogen and oxygen atoms in total. The minimum absolute atomic E-state index is 0.953. The Bertz CT molecular complexity index is 373. The van der Waals surface area contributed by atoms with E-state index in [1.54, 1.807) is 6.26 Å². The van der Waals surface area contributed by atoms with E-state index in [2.05, 4.69) is 10.2 Å². The zero-order valence-electron chi connectivity index (χ0n) is 10.1. The Labute approximate surface area is 108 Å². The van der Waals surface area contributed by atoms with Gasteiger partial charge in [0.05, 0.1) is 12.8 Å². The fourth-order valence-corrected chi connectivity index (χ4v) is 1.49. The van der Waals surface area contributed by atoms with Crippen LogP contribution < -0.4 is 5.32 Å². The second-order valence-corrected chi connectivity index (χ2v) is 3.91. The monoisotopic (exact) mass is 280 g/mol. The second kappa shape index (κ2) is 7.15. The normalized spacial score (nSPS) is 16.6. The molecule has 0 atom stereocenters. The Morgan fingerprint density at radius 2 is 2.00 bits per heavy atom. The van der Waals surface area contributed by atoms with Gasteiger partial charge < -0.3 is 14.8 Å². The molecule has 1 aliphatic rings. The van der Waals surface area contributed by atoms with Crippen molar-refractivity contribution in [2.75, 3.05) is 26.2 Å². The third-order valence-electron chi connectivity index (χ3n) is 2.41. The van der Waals surface area contributed by atoms with E-state index in [-0.39, 0.29) is 0 Å². The topological polar surface area (TPSA) is 65.7 Å². The Kier molecular flexibility index (Phi) is 5.84. The summed E-state index contributed by atoms with van der Waals surface area (Å²) in [6.07, 6.45) is -3.35. The fourth-order valence-electron chi connectivity index (χ4n) is 1.49. The molecule has 0 radical (unpaired) electrons. The van der Waals surface area contributed by atoms with Gasteiger partial charge in [0.25, 0.3) is 0 Å². The van der Waals surface area contributed by atoms with Crippen LogP contribution in [0.3, 0.4) is 0 Å². The molecule has 2 rings (SSSR count). The van der Waals surface area contributed by atoms with Crippen LogP contribution in [0.15, 0.2) is 22.8 Å². The van der Waals surface area contributed by atoms with Crippen molar-refractivity contribution in [1.29, 1.82) is 0 Å². The summed E-state index contributed by atoms with van der Waals surface area (Å²) in [5.74, 6) is -1.69. The van der Waals surface area contributed by atoms with Gasteiger partial charge in [-0.2, -0.15) is 13.2 Å². The third-order valence-corrected chi connectivity index (χ3v) is 2.41. The first kappa shape index (κ1) is 15.5. The van der Waals surface area contributed by atoms with Gasteiger partial charge in [0, 0.05) is 26.2 Å². The van der Waals surface area contributed by atoms with E-state index in [1.807, 2.05) is 12.1 Å². The molecule has 0 aromatic carbocycles. The Morgan fingerprint density at radius 1 is 1.42 bits per heavy atom. The molecule has 108 valence electrons. The standard InChI is InChI=1S/C9H14N2O.C2HF3O2/c1-2-9(12-7-1)8-11-5-3-10-4-6-11;3-2(4,5)1(6)7/h1-2,7,10H,3-6,8H2;(H,6,7). The molecule has 1 aromatic rings. The number of carbonyl (C=O) groups is 1. The number of nitrogens with zero attached hydrogens (tertiary/aromatic N) is 1. The maximum absolute atomic E-state index is 10.6. The van der Waals surface area contributed by atoms with Gasteiger partial charge in [0.15, 0.2) is 0 Å². The van der Waals surface area contributed by atoms with E-state index in [4.69, 9.17) is 14.3 Å². The number of hydrogen-bond acceptors (Lipinski definition) is 4. The number of furan rings is 1. The summed E-state index contributed by atoms with van der Waals surface area (Å²) < 4.78 is 37.0.